The minimum absolute atomic E-state index is 0.153. The van der Waals surface area contributed by atoms with Gasteiger partial charge in [-0.05, 0) is 31.6 Å². The summed E-state index contributed by atoms with van der Waals surface area (Å²) >= 11 is 6.05. The number of amides is 1. The van der Waals surface area contributed by atoms with Gasteiger partial charge in [-0.1, -0.05) is 29.8 Å². The molecule has 1 rings (SSSR count). The molecule has 0 aliphatic rings. The number of rotatable bonds is 6. The molecule has 1 N–H and O–H groups in total. The van der Waals surface area contributed by atoms with Crippen LogP contribution in [0.4, 0.5) is 0 Å². The van der Waals surface area contributed by atoms with Gasteiger partial charge < -0.3 is 10.2 Å². The van der Waals surface area contributed by atoms with E-state index < -0.39 is 0 Å². The van der Waals surface area contributed by atoms with E-state index in [0.29, 0.717) is 18.0 Å². The minimum atomic E-state index is 0.153. The minimum Gasteiger partial charge on any atom is -0.341 e. The highest BCUT2D eigenvalue weighted by Crippen LogP contribution is 2.16. The van der Waals surface area contributed by atoms with Crippen LogP contribution in [0.5, 0.6) is 0 Å². The summed E-state index contributed by atoms with van der Waals surface area (Å²) in [5, 5.41) is 3.74. The first-order valence-corrected chi connectivity index (χ1v) is 6.15. The Labute approximate surface area is 108 Å². The molecule has 0 saturated heterocycles. The van der Waals surface area contributed by atoms with Crippen molar-refractivity contribution in [2.24, 2.45) is 0 Å². The Kier molecular flexibility index (Phi) is 6.01. The van der Waals surface area contributed by atoms with Gasteiger partial charge in [0.05, 0.1) is 0 Å². The van der Waals surface area contributed by atoms with Crippen LogP contribution in [0.2, 0.25) is 5.02 Å². The van der Waals surface area contributed by atoms with Gasteiger partial charge in [0.1, 0.15) is 0 Å². The number of carbonyl (C=O) groups is 1. The summed E-state index contributed by atoms with van der Waals surface area (Å²) in [6, 6.07) is 7.61. The Morgan fingerprint density at radius 1 is 1.41 bits per heavy atom. The lowest BCUT2D eigenvalue weighted by Crippen LogP contribution is -2.26. The molecule has 1 amide bonds. The molecule has 94 valence electrons. The maximum absolute atomic E-state index is 11.8. The monoisotopic (exact) mass is 254 g/mol. The molecule has 0 aliphatic carbocycles. The van der Waals surface area contributed by atoms with Gasteiger partial charge in [-0.3, -0.25) is 4.79 Å². The zero-order valence-corrected chi connectivity index (χ0v) is 11.1. The lowest BCUT2D eigenvalue weighted by atomic mass is 10.2. The van der Waals surface area contributed by atoms with Crippen LogP contribution in [0.25, 0.3) is 0 Å². The van der Waals surface area contributed by atoms with E-state index >= 15 is 0 Å². The highest BCUT2D eigenvalue weighted by molar-refractivity contribution is 6.31. The molecule has 0 aromatic heterocycles. The molecule has 0 radical (unpaired) electrons. The molecule has 4 heteroatoms. The lowest BCUT2D eigenvalue weighted by molar-refractivity contribution is -0.130. The maximum atomic E-state index is 11.8. The van der Waals surface area contributed by atoms with E-state index in [1.54, 1.807) is 4.90 Å². The Morgan fingerprint density at radius 3 is 2.76 bits per heavy atom. The van der Waals surface area contributed by atoms with E-state index in [4.69, 9.17) is 11.6 Å². The standard InChI is InChI=1S/C13H19ClN2O/c1-15-9-5-8-13(17)16(2)10-11-6-3-4-7-12(11)14/h3-4,6-7,15H,5,8-10H2,1-2H3. The zero-order valence-electron chi connectivity index (χ0n) is 10.4. The third-order valence-electron chi connectivity index (χ3n) is 2.61. The largest absolute Gasteiger partial charge is 0.341 e. The lowest BCUT2D eigenvalue weighted by Gasteiger charge is -2.18. The van der Waals surface area contributed by atoms with Crippen molar-refractivity contribution in [1.29, 1.82) is 0 Å². The first-order valence-electron chi connectivity index (χ1n) is 5.77. The molecule has 0 fully saturated rings. The number of hydrogen-bond acceptors (Lipinski definition) is 2. The summed E-state index contributed by atoms with van der Waals surface area (Å²) in [5.41, 5.74) is 0.985. The maximum Gasteiger partial charge on any atom is 0.222 e. The number of carbonyl (C=O) groups excluding carboxylic acids is 1. The van der Waals surface area contributed by atoms with Gasteiger partial charge in [-0.25, -0.2) is 0 Å². The summed E-state index contributed by atoms with van der Waals surface area (Å²) in [4.78, 5) is 13.5. The normalized spacial score (nSPS) is 10.3. The molecular weight excluding hydrogens is 236 g/mol. The molecule has 0 unspecified atom stereocenters. The van der Waals surface area contributed by atoms with Crippen molar-refractivity contribution in [2.45, 2.75) is 19.4 Å². The summed E-state index contributed by atoms with van der Waals surface area (Å²) in [5.74, 6) is 0.153. The van der Waals surface area contributed by atoms with E-state index in [2.05, 4.69) is 5.32 Å². The van der Waals surface area contributed by atoms with Gasteiger partial charge >= 0.3 is 0 Å². The fourth-order valence-electron chi connectivity index (χ4n) is 1.58. The van der Waals surface area contributed by atoms with Gasteiger partial charge in [-0.2, -0.15) is 0 Å². The van der Waals surface area contributed by atoms with Crippen molar-refractivity contribution in [3.05, 3.63) is 34.9 Å². The van der Waals surface area contributed by atoms with E-state index in [1.807, 2.05) is 38.4 Å². The second kappa shape index (κ2) is 7.30. The number of nitrogens with one attached hydrogen (secondary N) is 1. The quantitative estimate of drug-likeness (QED) is 0.790. The van der Waals surface area contributed by atoms with E-state index in [9.17, 15) is 4.79 Å². The van der Waals surface area contributed by atoms with Crippen LogP contribution in [-0.2, 0) is 11.3 Å². The highest BCUT2D eigenvalue weighted by atomic mass is 35.5. The molecular formula is C13H19ClN2O. The topological polar surface area (TPSA) is 32.3 Å². The molecule has 0 aliphatic heterocycles. The molecule has 1 aromatic rings. The Hall–Kier alpha value is -1.06. The summed E-state index contributed by atoms with van der Waals surface area (Å²) in [6.07, 6.45) is 1.43. The van der Waals surface area contributed by atoms with Crippen LogP contribution in [0, 0.1) is 0 Å². The molecule has 3 nitrogen and oxygen atoms in total. The van der Waals surface area contributed by atoms with Crippen LogP contribution in [0.15, 0.2) is 24.3 Å². The third-order valence-corrected chi connectivity index (χ3v) is 2.98. The molecule has 0 atom stereocenters. The number of nitrogens with zero attached hydrogens (tertiary/aromatic N) is 1. The Bertz CT molecular complexity index is 368. The average molecular weight is 255 g/mol. The SMILES string of the molecule is CNCCCC(=O)N(C)Cc1ccccc1Cl. The predicted molar refractivity (Wildman–Crippen MR) is 71.1 cm³/mol. The predicted octanol–water partition coefficient (Wildman–Crippen LogP) is 2.30. The fraction of sp³-hybridized carbons (Fsp3) is 0.462. The van der Waals surface area contributed by atoms with Gasteiger partial charge in [0.25, 0.3) is 0 Å². The van der Waals surface area contributed by atoms with Crippen LogP contribution in [0.1, 0.15) is 18.4 Å². The van der Waals surface area contributed by atoms with Gasteiger partial charge in [-0.15, -0.1) is 0 Å². The molecule has 1 aromatic carbocycles. The molecule has 0 heterocycles. The van der Waals surface area contributed by atoms with Crippen molar-refractivity contribution < 1.29 is 4.79 Å². The van der Waals surface area contributed by atoms with Crippen LogP contribution in [0.3, 0.4) is 0 Å². The van der Waals surface area contributed by atoms with Gasteiger partial charge in [0.15, 0.2) is 0 Å². The first-order chi connectivity index (χ1) is 8.15. The van der Waals surface area contributed by atoms with Crippen molar-refractivity contribution >= 4 is 17.5 Å². The fourth-order valence-corrected chi connectivity index (χ4v) is 1.77. The van der Waals surface area contributed by atoms with E-state index in [0.717, 1.165) is 18.5 Å². The number of halogens is 1. The van der Waals surface area contributed by atoms with Crippen LogP contribution >= 0.6 is 11.6 Å². The second-order valence-corrected chi connectivity index (χ2v) is 4.46. The molecule has 17 heavy (non-hydrogen) atoms. The van der Waals surface area contributed by atoms with Crippen molar-refractivity contribution in [3.8, 4) is 0 Å². The van der Waals surface area contributed by atoms with Crippen molar-refractivity contribution in [1.82, 2.24) is 10.2 Å². The number of benzene rings is 1. The molecule has 0 spiro atoms. The summed E-state index contributed by atoms with van der Waals surface area (Å²) in [7, 11) is 3.70. The van der Waals surface area contributed by atoms with Crippen molar-refractivity contribution in [3.63, 3.8) is 0 Å². The van der Waals surface area contributed by atoms with E-state index in [-0.39, 0.29) is 5.91 Å². The average Bonchev–Trinajstić information content (AvgIpc) is 2.32. The van der Waals surface area contributed by atoms with Crippen molar-refractivity contribution in [2.75, 3.05) is 20.6 Å². The van der Waals surface area contributed by atoms with E-state index in [1.165, 1.54) is 0 Å². The van der Waals surface area contributed by atoms with Gasteiger partial charge in [0, 0.05) is 25.0 Å². The zero-order chi connectivity index (χ0) is 12.7. The molecule has 0 saturated carbocycles. The smallest absolute Gasteiger partial charge is 0.222 e. The Morgan fingerprint density at radius 2 is 2.12 bits per heavy atom. The molecule has 0 bridgehead atoms. The first kappa shape index (κ1) is 14.0. The van der Waals surface area contributed by atoms with Gasteiger partial charge in [0.2, 0.25) is 5.91 Å². The third kappa shape index (κ3) is 4.75. The Balaban J connectivity index is 2.46. The van der Waals surface area contributed by atoms with Crippen LogP contribution < -0.4 is 5.32 Å². The van der Waals surface area contributed by atoms with Crippen LogP contribution in [-0.4, -0.2) is 31.4 Å². The second-order valence-electron chi connectivity index (χ2n) is 4.05. The highest BCUT2D eigenvalue weighted by Gasteiger charge is 2.10. The summed E-state index contributed by atoms with van der Waals surface area (Å²) < 4.78 is 0. The number of hydrogen-bond donors (Lipinski definition) is 1. The summed E-state index contributed by atoms with van der Waals surface area (Å²) in [6.45, 7) is 1.43.